The second-order valence-electron chi connectivity index (χ2n) is 5.58. The van der Waals surface area contributed by atoms with Gasteiger partial charge in [-0.05, 0) is 42.0 Å². The zero-order valence-electron chi connectivity index (χ0n) is 13.3. The van der Waals surface area contributed by atoms with Crippen molar-refractivity contribution in [2.45, 2.75) is 6.04 Å². The highest BCUT2D eigenvalue weighted by atomic mass is 35.5. The van der Waals surface area contributed by atoms with Crippen LogP contribution >= 0.6 is 23.2 Å². The molecule has 5 nitrogen and oxygen atoms in total. The number of allylic oxidation sites excluding steroid dienone is 1. The van der Waals surface area contributed by atoms with Crippen molar-refractivity contribution in [3.63, 3.8) is 0 Å². The molecule has 0 saturated heterocycles. The Balaban J connectivity index is 1.83. The number of benzene rings is 2. The van der Waals surface area contributed by atoms with Gasteiger partial charge in [0.1, 0.15) is 18.1 Å². The summed E-state index contributed by atoms with van der Waals surface area (Å²) in [6, 6.07) is 13.2. The molecule has 1 aromatic heterocycles. The molecule has 1 N–H and O–H groups in total. The predicted octanol–water partition coefficient (Wildman–Crippen LogP) is 4.65. The molecule has 4 rings (SSSR count). The van der Waals surface area contributed by atoms with Gasteiger partial charge in [-0.15, -0.1) is 0 Å². The minimum atomic E-state index is -0.129. The summed E-state index contributed by atoms with van der Waals surface area (Å²) in [6.07, 6.45) is 3.58. The van der Waals surface area contributed by atoms with Gasteiger partial charge in [0.2, 0.25) is 5.95 Å². The molecule has 1 aliphatic heterocycles. The van der Waals surface area contributed by atoms with Crippen molar-refractivity contribution >= 4 is 34.8 Å². The number of hydrogen-bond donors (Lipinski definition) is 1. The van der Waals surface area contributed by atoms with E-state index in [0.717, 1.165) is 22.6 Å². The molecular weight excluding hydrogens is 359 g/mol. The number of nitrogens with one attached hydrogen (secondary N) is 1. The lowest BCUT2D eigenvalue weighted by Crippen LogP contribution is -2.20. The van der Waals surface area contributed by atoms with E-state index < -0.39 is 0 Å². The number of fused-ring (bicyclic) bond motifs is 1. The Bertz CT molecular complexity index is 967. The highest BCUT2D eigenvalue weighted by Crippen LogP contribution is 2.35. The third kappa shape index (κ3) is 2.97. The quantitative estimate of drug-likeness (QED) is 0.726. The molecule has 2 aromatic carbocycles. The number of aromatic nitrogens is 3. The fourth-order valence-corrected chi connectivity index (χ4v) is 3.37. The molecule has 7 heteroatoms. The maximum absolute atomic E-state index is 6.38. The molecule has 1 atom stereocenters. The first kappa shape index (κ1) is 16.0. The Hall–Kier alpha value is -2.50. The van der Waals surface area contributed by atoms with Crippen LogP contribution in [0.15, 0.2) is 54.9 Å². The van der Waals surface area contributed by atoms with Crippen LogP contribution in [0.2, 0.25) is 10.0 Å². The molecule has 1 aliphatic rings. The van der Waals surface area contributed by atoms with Gasteiger partial charge in [0.05, 0.1) is 12.1 Å². The van der Waals surface area contributed by atoms with Crippen molar-refractivity contribution in [2.24, 2.45) is 0 Å². The van der Waals surface area contributed by atoms with Crippen molar-refractivity contribution in [1.82, 2.24) is 14.8 Å². The second-order valence-corrected chi connectivity index (χ2v) is 6.42. The molecule has 1 unspecified atom stereocenters. The van der Waals surface area contributed by atoms with Gasteiger partial charge in [0.25, 0.3) is 0 Å². The first-order valence-electron chi connectivity index (χ1n) is 7.63. The summed E-state index contributed by atoms with van der Waals surface area (Å²) in [5, 5.41) is 8.78. The molecule has 3 aromatic rings. The van der Waals surface area contributed by atoms with Gasteiger partial charge in [-0.25, -0.2) is 4.68 Å². The van der Waals surface area contributed by atoms with Gasteiger partial charge in [-0.3, -0.25) is 0 Å². The highest BCUT2D eigenvalue weighted by molar-refractivity contribution is 6.35. The first-order chi connectivity index (χ1) is 12.2. The monoisotopic (exact) mass is 372 g/mol. The van der Waals surface area contributed by atoms with E-state index in [0.29, 0.717) is 16.0 Å². The topological polar surface area (TPSA) is 52.0 Å². The van der Waals surface area contributed by atoms with Gasteiger partial charge in [0.15, 0.2) is 0 Å². The average Bonchev–Trinajstić information content (AvgIpc) is 3.09. The van der Waals surface area contributed by atoms with E-state index >= 15 is 0 Å². The predicted molar refractivity (Wildman–Crippen MR) is 99.2 cm³/mol. The number of methoxy groups -OCH3 is 1. The maximum Gasteiger partial charge on any atom is 0.226 e. The summed E-state index contributed by atoms with van der Waals surface area (Å²) in [5.74, 6) is 1.44. The van der Waals surface area contributed by atoms with Crippen LogP contribution in [-0.2, 0) is 0 Å². The smallest absolute Gasteiger partial charge is 0.226 e. The van der Waals surface area contributed by atoms with E-state index in [-0.39, 0.29) is 6.04 Å². The lowest BCUT2D eigenvalue weighted by molar-refractivity contribution is 0.413. The normalized spacial score (nSPS) is 16.0. The van der Waals surface area contributed by atoms with E-state index in [4.69, 9.17) is 27.9 Å². The van der Waals surface area contributed by atoms with E-state index in [2.05, 4.69) is 21.5 Å². The lowest BCUT2D eigenvalue weighted by Gasteiger charge is -2.25. The Morgan fingerprint density at radius 1 is 1.16 bits per heavy atom. The van der Waals surface area contributed by atoms with Crippen molar-refractivity contribution < 1.29 is 4.74 Å². The summed E-state index contributed by atoms with van der Waals surface area (Å²) < 4.78 is 7.16. The molecule has 2 heterocycles. The molecule has 126 valence electrons. The Labute approximate surface area is 154 Å². The third-order valence-corrected chi connectivity index (χ3v) is 4.61. The fraction of sp³-hybridized carbons (Fsp3) is 0.111. The summed E-state index contributed by atoms with van der Waals surface area (Å²) in [5.41, 5.74) is 2.75. The van der Waals surface area contributed by atoms with Gasteiger partial charge in [-0.2, -0.15) is 10.1 Å². The van der Waals surface area contributed by atoms with Crippen molar-refractivity contribution in [3.05, 3.63) is 76.0 Å². The number of halogens is 2. The first-order valence-corrected chi connectivity index (χ1v) is 8.39. The summed E-state index contributed by atoms with van der Waals surface area (Å²) in [4.78, 5) is 4.30. The van der Waals surface area contributed by atoms with E-state index in [1.807, 2.05) is 41.1 Å². The second kappa shape index (κ2) is 6.43. The van der Waals surface area contributed by atoms with Crippen molar-refractivity contribution in [1.29, 1.82) is 0 Å². The number of hydrogen-bond acceptors (Lipinski definition) is 4. The number of anilines is 1. The van der Waals surface area contributed by atoms with Crippen LogP contribution in [0.4, 0.5) is 5.95 Å². The summed E-state index contributed by atoms with van der Waals surface area (Å²) >= 11 is 12.4. The number of rotatable bonds is 3. The largest absolute Gasteiger partial charge is 0.497 e. The van der Waals surface area contributed by atoms with Gasteiger partial charge in [-0.1, -0.05) is 35.3 Å². The van der Waals surface area contributed by atoms with E-state index in [1.165, 1.54) is 6.33 Å². The van der Waals surface area contributed by atoms with Crippen LogP contribution in [0, 0.1) is 0 Å². The molecule has 0 aliphatic carbocycles. The molecular formula is C18H14Cl2N4O. The summed E-state index contributed by atoms with van der Waals surface area (Å²) in [7, 11) is 1.65. The van der Waals surface area contributed by atoms with Crippen LogP contribution in [0.5, 0.6) is 5.75 Å². The van der Waals surface area contributed by atoms with Crippen LogP contribution in [0.1, 0.15) is 17.2 Å². The molecule has 0 fully saturated rings. The van der Waals surface area contributed by atoms with Crippen LogP contribution in [-0.4, -0.2) is 21.9 Å². The molecule has 0 amide bonds. The molecule has 25 heavy (non-hydrogen) atoms. The Morgan fingerprint density at radius 2 is 2.04 bits per heavy atom. The van der Waals surface area contributed by atoms with Crippen LogP contribution < -0.4 is 10.1 Å². The van der Waals surface area contributed by atoms with E-state index in [1.54, 1.807) is 13.2 Å². The van der Waals surface area contributed by atoms with Gasteiger partial charge < -0.3 is 10.1 Å². The highest BCUT2D eigenvalue weighted by Gasteiger charge is 2.24. The minimum Gasteiger partial charge on any atom is -0.497 e. The SMILES string of the molecule is COc1cccc(C2C=C(c3ccc(Cl)cc3Cl)Nc3ncnn32)c1. The maximum atomic E-state index is 6.38. The number of ether oxygens (including phenoxy) is 1. The van der Waals surface area contributed by atoms with Gasteiger partial charge >= 0.3 is 0 Å². The standard InChI is InChI=1S/C18H14Cl2N4O/c1-25-13-4-2-3-11(7-13)17-9-16(23-18-21-10-22-24(17)18)14-6-5-12(19)8-15(14)20/h2-10,17H,1H3,(H,21,22,23). The zero-order valence-corrected chi connectivity index (χ0v) is 14.8. The minimum absolute atomic E-state index is 0.129. The fourth-order valence-electron chi connectivity index (χ4n) is 2.86. The van der Waals surface area contributed by atoms with Crippen LogP contribution in [0.25, 0.3) is 5.70 Å². The molecule has 0 radical (unpaired) electrons. The van der Waals surface area contributed by atoms with E-state index in [9.17, 15) is 0 Å². The van der Waals surface area contributed by atoms with Crippen LogP contribution in [0.3, 0.4) is 0 Å². The van der Waals surface area contributed by atoms with Crippen molar-refractivity contribution in [2.75, 3.05) is 12.4 Å². The molecule has 0 bridgehead atoms. The van der Waals surface area contributed by atoms with Crippen molar-refractivity contribution in [3.8, 4) is 5.75 Å². The molecule has 0 spiro atoms. The van der Waals surface area contributed by atoms with Gasteiger partial charge in [0, 0.05) is 16.3 Å². The summed E-state index contributed by atoms with van der Waals surface area (Å²) in [6.45, 7) is 0. The Kier molecular flexibility index (Phi) is 4.11. The molecule has 0 saturated carbocycles. The zero-order chi connectivity index (χ0) is 17.4. The number of nitrogens with zero attached hydrogens (tertiary/aromatic N) is 3. The third-order valence-electron chi connectivity index (χ3n) is 4.06. The average molecular weight is 373 g/mol. The lowest BCUT2D eigenvalue weighted by atomic mass is 10.0. The Morgan fingerprint density at radius 3 is 2.84 bits per heavy atom.